The van der Waals surface area contributed by atoms with Crippen LogP contribution in [0.2, 0.25) is 0 Å². The molecule has 0 aromatic heterocycles. The Bertz CT molecular complexity index is 457. The normalized spacial score (nSPS) is 9.93. The average Bonchev–Trinajstić information content (AvgIpc) is 2.31. The fourth-order valence-electron chi connectivity index (χ4n) is 0.950. The Labute approximate surface area is 93.3 Å². The SMILES string of the molecule is N#CC(C#N)=C/C=C(\Cl)c1ccccc1. The van der Waals surface area contributed by atoms with Gasteiger partial charge in [-0.3, -0.25) is 0 Å². The number of hydrogen-bond donors (Lipinski definition) is 0. The van der Waals surface area contributed by atoms with Gasteiger partial charge in [-0.2, -0.15) is 10.5 Å². The maximum Gasteiger partial charge on any atom is 0.129 e. The maximum absolute atomic E-state index is 8.50. The molecule has 2 nitrogen and oxygen atoms in total. The summed E-state index contributed by atoms with van der Waals surface area (Å²) in [7, 11) is 0. The minimum absolute atomic E-state index is 0.0316. The molecule has 0 aliphatic heterocycles. The first-order valence-corrected chi connectivity index (χ1v) is 4.59. The maximum atomic E-state index is 8.50. The average molecular weight is 215 g/mol. The number of rotatable bonds is 2. The molecule has 0 atom stereocenters. The van der Waals surface area contributed by atoms with Crippen LogP contribution in [-0.4, -0.2) is 0 Å². The van der Waals surface area contributed by atoms with Crippen LogP contribution in [0.25, 0.3) is 5.03 Å². The lowest BCUT2D eigenvalue weighted by molar-refractivity contribution is 1.46. The molecule has 0 amide bonds. The van der Waals surface area contributed by atoms with E-state index in [0.29, 0.717) is 5.03 Å². The molecule has 0 aliphatic carbocycles. The molecule has 1 rings (SSSR count). The minimum atomic E-state index is 0.0316. The van der Waals surface area contributed by atoms with Crippen LogP contribution < -0.4 is 0 Å². The second-order valence-corrected chi connectivity index (χ2v) is 3.09. The van der Waals surface area contributed by atoms with Gasteiger partial charge in [0.05, 0.1) is 0 Å². The van der Waals surface area contributed by atoms with Crippen molar-refractivity contribution in [1.29, 1.82) is 10.5 Å². The summed E-state index contributed by atoms with van der Waals surface area (Å²) in [6.07, 6.45) is 2.94. The van der Waals surface area contributed by atoms with Gasteiger partial charge in [-0.1, -0.05) is 41.9 Å². The Morgan fingerprint density at radius 1 is 1.07 bits per heavy atom. The zero-order chi connectivity index (χ0) is 11.1. The van der Waals surface area contributed by atoms with E-state index in [1.54, 1.807) is 18.2 Å². The van der Waals surface area contributed by atoms with Gasteiger partial charge in [0.25, 0.3) is 0 Å². The quantitative estimate of drug-likeness (QED) is 0.561. The zero-order valence-corrected chi connectivity index (χ0v) is 8.57. The summed E-state index contributed by atoms with van der Waals surface area (Å²) in [5.41, 5.74) is 0.884. The van der Waals surface area contributed by atoms with E-state index in [9.17, 15) is 0 Å². The van der Waals surface area contributed by atoms with Gasteiger partial charge in [-0.05, 0) is 17.7 Å². The van der Waals surface area contributed by atoms with Crippen LogP contribution in [0, 0.1) is 22.7 Å². The van der Waals surface area contributed by atoms with Gasteiger partial charge in [-0.25, -0.2) is 0 Å². The first-order valence-electron chi connectivity index (χ1n) is 4.21. The highest BCUT2D eigenvalue weighted by Crippen LogP contribution is 2.18. The van der Waals surface area contributed by atoms with E-state index in [-0.39, 0.29) is 5.57 Å². The highest BCUT2D eigenvalue weighted by atomic mass is 35.5. The molecule has 0 saturated carbocycles. The molecule has 3 heteroatoms. The van der Waals surface area contributed by atoms with Crippen molar-refractivity contribution in [3.05, 3.63) is 53.6 Å². The van der Waals surface area contributed by atoms with Crippen molar-refractivity contribution in [2.75, 3.05) is 0 Å². The molecule has 1 aromatic carbocycles. The molecule has 0 spiro atoms. The standard InChI is InChI=1S/C12H7ClN2/c13-12(7-6-10(8-14)9-15)11-4-2-1-3-5-11/h1-7H/b12-7-. The summed E-state index contributed by atoms with van der Waals surface area (Å²) in [6.45, 7) is 0. The highest BCUT2D eigenvalue weighted by Gasteiger charge is 1.95. The van der Waals surface area contributed by atoms with Crippen LogP contribution in [0.4, 0.5) is 0 Å². The Balaban J connectivity index is 2.93. The van der Waals surface area contributed by atoms with E-state index < -0.39 is 0 Å². The van der Waals surface area contributed by atoms with E-state index in [4.69, 9.17) is 22.1 Å². The van der Waals surface area contributed by atoms with Crippen LogP contribution >= 0.6 is 11.6 Å². The summed E-state index contributed by atoms with van der Waals surface area (Å²) in [6, 6.07) is 12.8. The van der Waals surface area contributed by atoms with Crippen molar-refractivity contribution in [3.8, 4) is 12.1 Å². The Morgan fingerprint density at radius 2 is 1.67 bits per heavy atom. The topological polar surface area (TPSA) is 47.6 Å². The summed E-state index contributed by atoms with van der Waals surface area (Å²) in [4.78, 5) is 0. The van der Waals surface area contributed by atoms with Crippen LogP contribution in [0.3, 0.4) is 0 Å². The second kappa shape index (κ2) is 5.65. The largest absolute Gasteiger partial charge is 0.192 e. The summed E-state index contributed by atoms with van der Waals surface area (Å²) < 4.78 is 0. The monoisotopic (exact) mass is 214 g/mol. The lowest BCUT2D eigenvalue weighted by Gasteiger charge is -1.95. The molecule has 15 heavy (non-hydrogen) atoms. The molecule has 0 radical (unpaired) electrons. The van der Waals surface area contributed by atoms with E-state index in [1.807, 2.05) is 30.3 Å². The third-order valence-electron chi connectivity index (χ3n) is 1.69. The molecule has 0 fully saturated rings. The number of benzene rings is 1. The minimum Gasteiger partial charge on any atom is -0.192 e. The molecule has 0 heterocycles. The van der Waals surface area contributed by atoms with Gasteiger partial charge >= 0.3 is 0 Å². The van der Waals surface area contributed by atoms with Gasteiger partial charge in [0, 0.05) is 5.03 Å². The van der Waals surface area contributed by atoms with Gasteiger partial charge < -0.3 is 0 Å². The van der Waals surface area contributed by atoms with Crippen LogP contribution in [0.5, 0.6) is 0 Å². The molecule has 0 N–H and O–H groups in total. The van der Waals surface area contributed by atoms with E-state index in [2.05, 4.69) is 0 Å². The second-order valence-electron chi connectivity index (χ2n) is 2.68. The van der Waals surface area contributed by atoms with Crippen molar-refractivity contribution < 1.29 is 0 Å². The van der Waals surface area contributed by atoms with Gasteiger partial charge in [0.15, 0.2) is 0 Å². The molecule has 72 valence electrons. The van der Waals surface area contributed by atoms with E-state index in [0.717, 1.165) is 5.56 Å². The molecule has 1 aromatic rings. The van der Waals surface area contributed by atoms with Crippen LogP contribution in [0.15, 0.2) is 48.1 Å². The van der Waals surface area contributed by atoms with E-state index >= 15 is 0 Å². The third kappa shape index (κ3) is 3.31. The van der Waals surface area contributed by atoms with Crippen molar-refractivity contribution in [1.82, 2.24) is 0 Å². The predicted molar refractivity (Wildman–Crippen MR) is 59.6 cm³/mol. The van der Waals surface area contributed by atoms with Crippen molar-refractivity contribution in [2.45, 2.75) is 0 Å². The molecular formula is C12H7ClN2. The summed E-state index contributed by atoms with van der Waals surface area (Å²) >= 11 is 5.96. The smallest absolute Gasteiger partial charge is 0.129 e. The third-order valence-corrected chi connectivity index (χ3v) is 2.03. The molecular weight excluding hydrogens is 208 g/mol. The van der Waals surface area contributed by atoms with Crippen molar-refractivity contribution in [2.24, 2.45) is 0 Å². The van der Waals surface area contributed by atoms with Crippen molar-refractivity contribution >= 4 is 16.6 Å². The number of halogens is 1. The highest BCUT2D eigenvalue weighted by molar-refractivity contribution is 6.48. The first kappa shape index (κ1) is 11.0. The Hall–Kier alpha value is -2.03. The number of allylic oxidation sites excluding steroid dienone is 3. The lowest BCUT2D eigenvalue weighted by atomic mass is 10.2. The fraction of sp³-hybridized carbons (Fsp3) is 0. The predicted octanol–water partition coefficient (Wildman–Crippen LogP) is 3.24. The fourth-order valence-corrected chi connectivity index (χ4v) is 1.14. The van der Waals surface area contributed by atoms with E-state index in [1.165, 1.54) is 6.08 Å². The van der Waals surface area contributed by atoms with Gasteiger partial charge in [0.2, 0.25) is 0 Å². The van der Waals surface area contributed by atoms with Gasteiger partial charge in [0.1, 0.15) is 17.7 Å². The Morgan fingerprint density at radius 3 is 2.20 bits per heavy atom. The molecule has 0 bridgehead atoms. The summed E-state index contributed by atoms with van der Waals surface area (Å²) in [5, 5.41) is 17.5. The first-order chi connectivity index (χ1) is 7.27. The van der Waals surface area contributed by atoms with Crippen LogP contribution in [0.1, 0.15) is 5.56 Å². The molecule has 0 saturated heterocycles. The molecule has 0 unspecified atom stereocenters. The van der Waals surface area contributed by atoms with Crippen LogP contribution in [-0.2, 0) is 0 Å². The van der Waals surface area contributed by atoms with Crippen molar-refractivity contribution in [3.63, 3.8) is 0 Å². The zero-order valence-electron chi connectivity index (χ0n) is 7.81. The number of nitriles is 2. The number of nitrogens with zero attached hydrogens (tertiary/aromatic N) is 2. The lowest BCUT2D eigenvalue weighted by Crippen LogP contribution is -1.75. The summed E-state index contributed by atoms with van der Waals surface area (Å²) in [5.74, 6) is 0. The number of hydrogen-bond acceptors (Lipinski definition) is 2. The molecule has 0 aliphatic rings. The Kier molecular flexibility index (Phi) is 4.16. The van der Waals surface area contributed by atoms with Gasteiger partial charge in [-0.15, -0.1) is 0 Å².